The number of fused-ring (bicyclic) bond motifs is 1. The second-order valence-electron chi connectivity index (χ2n) is 7.30. The quantitative estimate of drug-likeness (QED) is 0.688. The summed E-state index contributed by atoms with van der Waals surface area (Å²) in [6, 6.07) is 7.39. The molecule has 0 aliphatic heterocycles. The van der Waals surface area contributed by atoms with Crippen LogP contribution in [0.1, 0.15) is 64.8 Å². The third kappa shape index (κ3) is 2.76. The van der Waals surface area contributed by atoms with Gasteiger partial charge < -0.3 is 9.84 Å². The van der Waals surface area contributed by atoms with Crippen molar-refractivity contribution in [3.8, 4) is 0 Å². The lowest BCUT2D eigenvalue weighted by Crippen LogP contribution is -2.14. The second-order valence-corrected chi connectivity index (χ2v) is 7.74. The predicted octanol–water partition coefficient (Wildman–Crippen LogP) is 5.19. The number of anilines is 1. The third-order valence-electron chi connectivity index (χ3n) is 5.14. The van der Waals surface area contributed by atoms with Crippen LogP contribution in [0.5, 0.6) is 0 Å². The van der Waals surface area contributed by atoms with Crippen molar-refractivity contribution in [2.75, 3.05) is 5.32 Å². The van der Waals surface area contributed by atoms with E-state index < -0.39 is 0 Å². The van der Waals surface area contributed by atoms with Gasteiger partial charge in [0, 0.05) is 28.2 Å². The maximum atomic E-state index is 13.1. The summed E-state index contributed by atoms with van der Waals surface area (Å²) >= 11 is 6.09. The number of benzene rings is 1. The summed E-state index contributed by atoms with van der Waals surface area (Å²) in [4.78, 5) is 17.7. The number of halogens is 1. The van der Waals surface area contributed by atoms with Crippen molar-refractivity contribution in [2.45, 2.75) is 44.4 Å². The van der Waals surface area contributed by atoms with Gasteiger partial charge in [-0.15, -0.1) is 0 Å². The Morgan fingerprint density at radius 2 is 1.96 bits per heavy atom. The number of aryl methyl sites for hydroxylation is 1. The molecule has 5 nitrogen and oxygen atoms in total. The van der Waals surface area contributed by atoms with E-state index in [4.69, 9.17) is 16.1 Å². The van der Waals surface area contributed by atoms with Crippen LogP contribution in [0.4, 0.5) is 5.69 Å². The summed E-state index contributed by atoms with van der Waals surface area (Å²) in [5.41, 5.74) is 4.53. The van der Waals surface area contributed by atoms with Gasteiger partial charge in [0.05, 0.1) is 16.6 Å². The molecule has 2 fully saturated rings. The molecule has 26 heavy (non-hydrogen) atoms. The second kappa shape index (κ2) is 5.81. The fourth-order valence-electron chi connectivity index (χ4n) is 3.31. The van der Waals surface area contributed by atoms with Crippen molar-refractivity contribution in [1.29, 1.82) is 0 Å². The minimum atomic E-state index is -0.172. The molecule has 0 spiro atoms. The monoisotopic (exact) mass is 367 g/mol. The Kier molecular flexibility index (Phi) is 3.54. The lowest BCUT2D eigenvalue weighted by Gasteiger charge is -2.11. The van der Waals surface area contributed by atoms with Gasteiger partial charge in [-0.25, -0.2) is 4.98 Å². The van der Waals surface area contributed by atoms with Crippen molar-refractivity contribution in [3.05, 3.63) is 51.8 Å². The summed E-state index contributed by atoms with van der Waals surface area (Å²) in [7, 11) is 0. The molecule has 1 N–H and O–H groups in total. The molecule has 1 amide bonds. The highest BCUT2D eigenvalue weighted by Crippen LogP contribution is 2.45. The number of hydrogen-bond acceptors (Lipinski definition) is 4. The fourth-order valence-corrected chi connectivity index (χ4v) is 3.49. The van der Waals surface area contributed by atoms with Gasteiger partial charge in [0.2, 0.25) is 0 Å². The summed E-state index contributed by atoms with van der Waals surface area (Å²) in [5.74, 6) is 0.632. The van der Waals surface area contributed by atoms with Crippen LogP contribution in [0.2, 0.25) is 5.02 Å². The molecule has 2 aliphatic carbocycles. The van der Waals surface area contributed by atoms with Gasteiger partial charge in [-0.3, -0.25) is 4.79 Å². The molecule has 0 radical (unpaired) electrons. The van der Waals surface area contributed by atoms with E-state index in [-0.39, 0.29) is 5.91 Å². The zero-order chi connectivity index (χ0) is 17.8. The first-order chi connectivity index (χ1) is 12.6. The summed E-state index contributed by atoms with van der Waals surface area (Å²) < 4.78 is 5.49. The highest BCUT2D eigenvalue weighted by molar-refractivity contribution is 6.31. The number of amides is 1. The summed E-state index contributed by atoms with van der Waals surface area (Å²) in [6.07, 6.45) is 4.38. The van der Waals surface area contributed by atoms with Crippen LogP contribution in [0.15, 0.2) is 28.8 Å². The van der Waals surface area contributed by atoms with Crippen LogP contribution < -0.4 is 5.32 Å². The molecule has 2 aliphatic rings. The van der Waals surface area contributed by atoms with Crippen LogP contribution >= 0.6 is 11.6 Å². The van der Waals surface area contributed by atoms with Crippen LogP contribution in [-0.2, 0) is 0 Å². The minimum absolute atomic E-state index is 0.172. The smallest absolute Gasteiger partial charge is 0.259 e. The molecule has 2 heterocycles. The Morgan fingerprint density at radius 1 is 1.19 bits per heavy atom. The number of nitrogens with zero attached hydrogens (tertiary/aromatic N) is 2. The maximum absolute atomic E-state index is 13.1. The molecule has 0 atom stereocenters. The number of nitrogens with one attached hydrogen (secondary N) is 1. The fraction of sp³-hybridized carbons (Fsp3) is 0.350. The molecule has 1 aromatic carbocycles. The van der Waals surface area contributed by atoms with Gasteiger partial charge in [0.15, 0.2) is 0 Å². The number of hydrogen-bond donors (Lipinski definition) is 1. The maximum Gasteiger partial charge on any atom is 0.259 e. The average Bonchev–Trinajstić information content (AvgIpc) is 3.54. The summed E-state index contributed by atoms with van der Waals surface area (Å²) in [5, 5.41) is 8.57. The Bertz CT molecular complexity index is 1030. The number of aromatic nitrogens is 2. The van der Waals surface area contributed by atoms with Crippen LogP contribution in [0.25, 0.3) is 11.1 Å². The minimum Gasteiger partial charge on any atom is -0.335 e. The third-order valence-corrected chi connectivity index (χ3v) is 5.38. The van der Waals surface area contributed by atoms with E-state index in [0.29, 0.717) is 33.8 Å². The van der Waals surface area contributed by atoms with Crippen molar-refractivity contribution in [3.63, 3.8) is 0 Å². The molecular weight excluding hydrogens is 350 g/mol. The number of carbonyl (C=O) groups excluding carboxylic acids is 1. The largest absolute Gasteiger partial charge is 0.335 e. The highest BCUT2D eigenvalue weighted by atomic mass is 35.5. The Hall–Kier alpha value is -2.40. The standard InChI is InChI=1S/C20H18ClN3O2/c1-10-2-7-13(21)8-15(10)22-19(25)14-9-16(11-3-4-11)23-20-17(14)18(24-26-20)12-5-6-12/h2,7-9,11-12H,3-6H2,1H3,(H,22,25). The van der Waals surface area contributed by atoms with Crippen molar-refractivity contribution in [1.82, 2.24) is 10.1 Å². The van der Waals surface area contributed by atoms with E-state index in [2.05, 4.69) is 15.5 Å². The lowest BCUT2D eigenvalue weighted by molar-refractivity contribution is 0.102. The number of carbonyl (C=O) groups is 1. The van der Waals surface area contributed by atoms with E-state index in [0.717, 1.165) is 48.0 Å². The van der Waals surface area contributed by atoms with Crippen molar-refractivity contribution < 1.29 is 9.32 Å². The molecule has 0 bridgehead atoms. The van der Waals surface area contributed by atoms with Gasteiger partial charge in [0.25, 0.3) is 11.6 Å². The molecule has 0 saturated heterocycles. The zero-order valence-electron chi connectivity index (χ0n) is 14.4. The number of pyridine rings is 1. The number of rotatable bonds is 4. The predicted molar refractivity (Wildman–Crippen MR) is 99.9 cm³/mol. The normalized spacial score (nSPS) is 16.8. The average molecular weight is 368 g/mol. The van der Waals surface area contributed by atoms with Gasteiger partial charge in [-0.05, 0) is 56.4 Å². The first-order valence-corrected chi connectivity index (χ1v) is 9.35. The molecule has 2 saturated carbocycles. The zero-order valence-corrected chi connectivity index (χ0v) is 15.1. The molecule has 2 aromatic heterocycles. The van der Waals surface area contributed by atoms with E-state index in [1.165, 1.54) is 0 Å². The SMILES string of the molecule is Cc1ccc(Cl)cc1NC(=O)c1cc(C2CC2)nc2onc(C3CC3)c12. The van der Waals surface area contributed by atoms with Crippen molar-refractivity contribution in [2.24, 2.45) is 0 Å². The van der Waals surface area contributed by atoms with Gasteiger partial charge >= 0.3 is 0 Å². The van der Waals surface area contributed by atoms with Crippen LogP contribution in [0, 0.1) is 6.92 Å². The summed E-state index contributed by atoms with van der Waals surface area (Å²) in [6.45, 7) is 1.94. The highest BCUT2D eigenvalue weighted by Gasteiger charge is 2.34. The van der Waals surface area contributed by atoms with Crippen LogP contribution in [0.3, 0.4) is 0 Å². The van der Waals surface area contributed by atoms with Gasteiger partial charge in [-0.2, -0.15) is 0 Å². The Labute approximate surface area is 155 Å². The molecule has 3 aromatic rings. The van der Waals surface area contributed by atoms with Gasteiger partial charge in [0.1, 0.15) is 0 Å². The topological polar surface area (TPSA) is 68.0 Å². The van der Waals surface area contributed by atoms with E-state index in [9.17, 15) is 4.79 Å². The van der Waals surface area contributed by atoms with Gasteiger partial charge in [-0.1, -0.05) is 22.8 Å². The molecular formula is C20H18ClN3O2. The van der Waals surface area contributed by atoms with E-state index in [1.54, 1.807) is 6.07 Å². The lowest BCUT2D eigenvalue weighted by atomic mass is 10.0. The first-order valence-electron chi connectivity index (χ1n) is 8.98. The molecule has 5 rings (SSSR count). The van der Waals surface area contributed by atoms with Crippen molar-refractivity contribution >= 4 is 34.3 Å². The van der Waals surface area contributed by atoms with Crippen LogP contribution in [-0.4, -0.2) is 16.0 Å². The van der Waals surface area contributed by atoms with E-state index in [1.807, 2.05) is 25.1 Å². The molecule has 6 heteroatoms. The first kappa shape index (κ1) is 15.8. The Balaban J connectivity index is 1.60. The molecule has 0 unspecified atom stereocenters. The molecule has 132 valence electrons. The Morgan fingerprint density at radius 3 is 2.69 bits per heavy atom. The van der Waals surface area contributed by atoms with E-state index >= 15 is 0 Å².